The summed E-state index contributed by atoms with van der Waals surface area (Å²) in [6, 6.07) is 21.4. The summed E-state index contributed by atoms with van der Waals surface area (Å²) in [5.74, 6) is 0.422. The number of halogens is 1. The molecule has 1 heterocycles. The van der Waals surface area contributed by atoms with E-state index in [1.807, 2.05) is 12.1 Å². The molecule has 0 fully saturated rings. The fraction of sp³-hybridized carbons (Fsp3) is 0.0833. The zero-order valence-electron chi connectivity index (χ0n) is 16.9. The van der Waals surface area contributed by atoms with Crippen LogP contribution in [0.15, 0.2) is 78.9 Å². The Labute approximate surface area is 178 Å². The van der Waals surface area contributed by atoms with E-state index >= 15 is 0 Å². The molecule has 6 nitrogen and oxygen atoms in total. The molecule has 0 aliphatic heterocycles. The van der Waals surface area contributed by atoms with Crippen molar-refractivity contribution in [1.29, 1.82) is 0 Å². The summed E-state index contributed by atoms with van der Waals surface area (Å²) in [7, 11) is 3.10. The highest BCUT2D eigenvalue weighted by atomic mass is 19.1. The maximum absolute atomic E-state index is 13.4. The van der Waals surface area contributed by atoms with Gasteiger partial charge >= 0.3 is 5.97 Å². The van der Waals surface area contributed by atoms with Crippen molar-refractivity contribution in [2.45, 2.75) is 0 Å². The number of rotatable bonds is 6. The molecule has 0 bridgehead atoms. The highest BCUT2D eigenvalue weighted by Crippen LogP contribution is 2.34. The third-order valence-electron chi connectivity index (χ3n) is 4.63. The summed E-state index contributed by atoms with van der Waals surface area (Å²) >= 11 is 0. The molecule has 0 amide bonds. The molecule has 1 aromatic heterocycles. The number of aromatic nitrogens is 2. The van der Waals surface area contributed by atoms with Crippen molar-refractivity contribution >= 4 is 5.97 Å². The molecular formula is C24H19FN2O4. The van der Waals surface area contributed by atoms with Crippen LogP contribution in [0.5, 0.6) is 17.4 Å². The maximum atomic E-state index is 13.4. The summed E-state index contributed by atoms with van der Waals surface area (Å²) in [6.07, 6.45) is 0. The van der Waals surface area contributed by atoms with Crippen molar-refractivity contribution in [3.63, 3.8) is 0 Å². The van der Waals surface area contributed by atoms with Gasteiger partial charge in [0.1, 0.15) is 5.82 Å². The number of carbonyl (C=O) groups is 1. The molecule has 0 atom stereocenters. The number of hydrogen-bond acceptors (Lipinski definition) is 5. The van der Waals surface area contributed by atoms with Crippen LogP contribution in [0.3, 0.4) is 0 Å². The van der Waals surface area contributed by atoms with Gasteiger partial charge in [-0.1, -0.05) is 18.2 Å². The Morgan fingerprint density at radius 3 is 2.26 bits per heavy atom. The van der Waals surface area contributed by atoms with Crippen LogP contribution in [0.25, 0.3) is 16.9 Å². The van der Waals surface area contributed by atoms with Gasteiger partial charge in [0.2, 0.25) is 5.88 Å². The summed E-state index contributed by atoms with van der Waals surface area (Å²) in [5, 5.41) is 4.58. The van der Waals surface area contributed by atoms with Crippen LogP contribution in [-0.2, 0) is 0 Å². The highest BCUT2D eigenvalue weighted by molar-refractivity contribution is 5.91. The van der Waals surface area contributed by atoms with E-state index in [0.717, 1.165) is 5.56 Å². The topological polar surface area (TPSA) is 62.6 Å². The molecule has 31 heavy (non-hydrogen) atoms. The van der Waals surface area contributed by atoms with Gasteiger partial charge in [-0.2, -0.15) is 5.10 Å². The van der Waals surface area contributed by atoms with Crippen LogP contribution in [-0.4, -0.2) is 30.0 Å². The zero-order chi connectivity index (χ0) is 21.8. The molecule has 156 valence electrons. The Morgan fingerprint density at radius 2 is 1.58 bits per heavy atom. The van der Waals surface area contributed by atoms with Gasteiger partial charge in [0, 0.05) is 11.6 Å². The Balaban J connectivity index is 1.77. The number of carbonyl (C=O) groups excluding carboxylic acids is 1. The van der Waals surface area contributed by atoms with Crippen molar-refractivity contribution < 1.29 is 23.4 Å². The Kier molecular flexibility index (Phi) is 5.66. The van der Waals surface area contributed by atoms with E-state index in [2.05, 4.69) is 5.10 Å². The van der Waals surface area contributed by atoms with E-state index in [1.54, 1.807) is 68.8 Å². The largest absolute Gasteiger partial charge is 0.493 e. The molecule has 0 saturated heterocycles. The van der Waals surface area contributed by atoms with E-state index in [-0.39, 0.29) is 11.7 Å². The SMILES string of the molecule is COc1ccc(-c2cc(OC(=O)c3ccccc3)n(-c3ccc(F)cc3)n2)cc1OC. The van der Waals surface area contributed by atoms with Crippen LogP contribution in [0.4, 0.5) is 4.39 Å². The molecule has 7 heteroatoms. The minimum absolute atomic E-state index is 0.199. The zero-order valence-corrected chi connectivity index (χ0v) is 16.9. The standard InChI is InChI=1S/C24H19FN2O4/c1-29-21-13-8-17(14-22(21)30-2)20-15-23(31-24(28)16-6-4-3-5-7-16)27(26-20)19-11-9-18(25)10-12-19/h3-15H,1-2H3. The summed E-state index contributed by atoms with van der Waals surface area (Å²) < 4.78 is 31.2. The third-order valence-corrected chi connectivity index (χ3v) is 4.63. The summed E-state index contributed by atoms with van der Waals surface area (Å²) in [4.78, 5) is 12.6. The van der Waals surface area contributed by atoms with Crippen molar-refractivity contribution in [2.24, 2.45) is 0 Å². The first-order valence-corrected chi connectivity index (χ1v) is 9.44. The molecule has 0 radical (unpaired) electrons. The monoisotopic (exact) mass is 418 g/mol. The quantitative estimate of drug-likeness (QED) is 0.416. The summed E-state index contributed by atoms with van der Waals surface area (Å²) in [6.45, 7) is 0. The van der Waals surface area contributed by atoms with Crippen molar-refractivity contribution in [1.82, 2.24) is 9.78 Å². The van der Waals surface area contributed by atoms with E-state index in [1.165, 1.54) is 16.8 Å². The Hall–Kier alpha value is -4.13. The normalized spacial score (nSPS) is 10.5. The van der Waals surface area contributed by atoms with Gasteiger partial charge in [-0.15, -0.1) is 0 Å². The number of hydrogen-bond donors (Lipinski definition) is 0. The molecule has 4 rings (SSSR count). The smallest absolute Gasteiger partial charge is 0.344 e. The first-order chi connectivity index (χ1) is 15.1. The number of benzene rings is 3. The van der Waals surface area contributed by atoms with E-state index in [4.69, 9.17) is 14.2 Å². The predicted octanol–water partition coefficient (Wildman–Crippen LogP) is 4.91. The first kappa shape index (κ1) is 20.2. The second kappa shape index (κ2) is 8.71. The lowest BCUT2D eigenvalue weighted by molar-refractivity contribution is 0.0723. The maximum Gasteiger partial charge on any atom is 0.344 e. The van der Waals surface area contributed by atoms with Crippen LogP contribution >= 0.6 is 0 Å². The number of esters is 1. The molecule has 0 N–H and O–H groups in total. The molecule has 0 aliphatic carbocycles. The molecule has 4 aromatic rings. The minimum atomic E-state index is -0.525. The van der Waals surface area contributed by atoms with Gasteiger partial charge in [-0.05, 0) is 54.6 Å². The van der Waals surface area contributed by atoms with Crippen molar-refractivity contribution in [3.8, 4) is 34.3 Å². The minimum Gasteiger partial charge on any atom is -0.493 e. The average molecular weight is 418 g/mol. The molecule has 0 unspecified atom stereocenters. The van der Waals surface area contributed by atoms with Crippen LogP contribution in [0.2, 0.25) is 0 Å². The molecule has 0 aliphatic rings. The lowest BCUT2D eigenvalue weighted by atomic mass is 10.1. The Morgan fingerprint density at radius 1 is 0.871 bits per heavy atom. The lowest BCUT2D eigenvalue weighted by Crippen LogP contribution is -2.11. The molecule has 0 saturated carbocycles. The summed E-state index contributed by atoms with van der Waals surface area (Å²) in [5.41, 5.74) is 2.22. The lowest BCUT2D eigenvalue weighted by Gasteiger charge is -2.08. The van der Waals surface area contributed by atoms with Gasteiger partial charge < -0.3 is 14.2 Å². The third kappa shape index (κ3) is 4.25. The van der Waals surface area contributed by atoms with Crippen molar-refractivity contribution in [3.05, 3.63) is 90.2 Å². The molecule has 3 aromatic carbocycles. The Bertz CT molecular complexity index is 1200. The van der Waals surface area contributed by atoms with Gasteiger partial charge in [-0.3, -0.25) is 0 Å². The predicted molar refractivity (Wildman–Crippen MR) is 113 cm³/mol. The van der Waals surface area contributed by atoms with Gasteiger partial charge in [0.05, 0.1) is 31.2 Å². The fourth-order valence-electron chi connectivity index (χ4n) is 3.07. The van der Waals surface area contributed by atoms with Crippen LogP contribution in [0.1, 0.15) is 10.4 Å². The van der Waals surface area contributed by atoms with Gasteiger partial charge in [-0.25, -0.2) is 13.9 Å². The van der Waals surface area contributed by atoms with E-state index in [9.17, 15) is 9.18 Å². The van der Waals surface area contributed by atoms with Gasteiger partial charge in [0.25, 0.3) is 0 Å². The number of methoxy groups -OCH3 is 2. The van der Waals surface area contributed by atoms with Crippen LogP contribution in [0, 0.1) is 5.82 Å². The van der Waals surface area contributed by atoms with E-state index < -0.39 is 5.97 Å². The van der Waals surface area contributed by atoms with Crippen molar-refractivity contribution in [2.75, 3.05) is 14.2 Å². The van der Waals surface area contributed by atoms with Gasteiger partial charge in [0.15, 0.2) is 11.5 Å². The second-order valence-corrected chi connectivity index (χ2v) is 6.58. The second-order valence-electron chi connectivity index (χ2n) is 6.58. The highest BCUT2D eigenvalue weighted by Gasteiger charge is 2.18. The molecular weight excluding hydrogens is 399 g/mol. The van der Waals surface area contributed by atoms with Crippen LogP contribution < -0.4 is 14.2 Å². The average Bonchev–Trinajstić information content (AvgIpc) is 3.23. The molecule has 0 spiro atoms. The number of nitrogens with zero attached hydrogens (tertiary/aromatic N) is 2. The van der Waals surface area contributed by atoms with E-state index in [0.29, 0.717) is 28.4 Å². The fourth-order valence-corrected chi connectivity index (χ4v) is 3.07. The number of ether oxygens (including phenoxy) is 3. The first-order valence-electron chi connectivity index (χ1n) is 9.44.